The van der Waals surface area contributed by atoms with E-state index in [2.05, 4.69) is 15.2 Å². The van der Waals surface area contributed by atoms with Gasteiger partial charge in [0.2, 0.25) is 5.91 Å². The lowest BCUT2D eigenvalue weighted by Gasteiger charge is -2.32. The SMILES string of the molecule is CC1(C)CC1(C(=O)O)C(=O)NCC1CCN(Cc2ccncc2)CC1. The Morgan fingerprint density at radius 1 is 1.28 bits per heavy atom. The number of nitrogens with zero attached hydrogens (tertiary/aromatic N) is 2. The molecule has 1 atom stereocenters. The third-order valence-electron chi connectivity index (χ3n) is 5.90. The average Bonchev–Trinajstić information content (AvgIpc) is 3.19. The van der Waals surface area contributed by atoms with Crippen molar-refractivity contribution >= 4 is 11.9 Å². The zero-order chi connectivity index (χ0) is 18.1. The van der Waals surface area contributed by atoms with Crippen molar-refractivity contribution < 1.29 is 14.7 Å². The number of piperidine rings is 1. The average molecular weight is 345 g/mol. The summed E-state index contributed by atoms with van der Waals surface area (Å²) >= 11 is 0. The molecule has 3 rings (SSSR count). The number of pyridine rings is 1. The number of nitrogens with one attached hydrogen (secondary N) is 1. The number of carboxylic acids is 1. The molecule has 1 unspecified atom stereocenters. The van der Waals surface area contributed by atoms with Crippen molar-refractivity contribution in [3.8, 4) is 0 Å². The van der Waals surface area contributed by atoms with Crippen molar-refractivity contribution in [2.24, 2.45) is 16.7 Å². The molecule has 1 aromatic heterocycles. The molecule has 1 saturated carbocycles. The standard InChI is InChI=1S/C19H27N3O3/c1-18(2)13-19(18,17(24)25)16(23)21-11-14-5-9-22(10-6-14)12-15-3-7-20-8-4-15/h3-4,7-8,14H,5-6,9-13H2,1-2H3,(H,21,23)(H,24,25). The number of rotatable bonds is 6. The van der Waals surface area contributed by atoms with Crippen LogP contribution in [0.1, 0.15) is 38.7 Å². The van der Waals surface area contributed by atoms with E-state index in [4.69, 9.17) is 0 Å². The molecule has 2 fully saturated rings. The Morgan fingerprint density at radius 2 is 1.88 bits per heavy atom. The second-order valence-corrected chi connectivity index (χ2v) is 8.06. The molecule has 2 heterocycles. The highest BCUT2D eigenvalue weighted by molar-refractivity contribution is 6.06. The molecule has 2 N–H and O–H groups in total. The minimum absolute atomic E-state index is 0.316. The monoisotopic (exact) mass is 345 g/mol. The summed E-state index contributed by atoms with van der Waals surface area (Å²) in [4.78, 5) is 30.4. The molecule has 0 radical (unpaired) electrons. The molecule has 6 nitrogen and oxygen atoms in total. The minimum atomic E-state index is -1.23. The summed E-state index contributed by atoms with van der Waals surface area (Å²) in [6.45, 7) is 7.19. The number of hydrogen-bond donors (Lipinski definition) is 2. The first-order valence-electron chi connectivity index (χ1n) is 8.98. The van der Waals surface area contributed by atoms with Crippen LogP contribution in [0, 0.1) is 16.7 Å². The van der Waals surface area contributed by atoms with Gasteiger partial charge in [-0.25, -0.2) is 0 Å². The van der Waals surface area contributed by atoms with E-state index in [0.717, 1.165) is 32.5 Å². The number of carboxylic acid groups (broad SMARTS) is 1. The quantitative estimate of drug-likeness (QED) is 0.770. The second kappa shape index (κ2) is 6.75. The molecule has 6 heteroatoms. The van der Waals surface area contributed by atoms with Crippen LogP contribution in [-0.2, 0) is 16.1 Å². The number of likely N-dealkylation sites (tertiary alicyclic amines) is 1. The Balaban J connectivity index is 1.44. The molecule has 0 spiro atoms. The third-order valence-corrected chi connectivity index (χ3v) is 5.90. The van der Waals surface area contributed by atoms with Crippen LogP contribution >= 0.6 is 0 Å². The van der Waals surface area contributed by atoms with E-state index >= 15 is 0 Å². The van der Waals surface area contributed by atoms with Gasteiger partial charge < -0.3 is 10.4 Å². The summed E-state index contributed by atoms with van der Waals surface area (Å²) in [5, 5.41) is 12.4. The molecule has 0 aromatic carbocycles. The largest absolute Gasteiger partial charge is 0.480 e. The second-order valence-electron chi connectivity index (χ2n) is 8.06. The molecule has 2 aliphatic rings. The molecule has 0 bridgehead atoms. The van der Waals surface area contributed by atoms with Gasteiger partial charge in [0.1, 0.15) is 0 Å². The minimum Gasteiger partial charge on any atom is -0.480 e. The van der Waals surface area contributed by atoms with Crippen molar-refractivity contribution in [3.05, 3.63) is 30.1 Å². The molecule has 136 valence electrons. The molecule has 1 aliphatic carbocycles. The maximum Gasteiger partial charge on any atom is 0.319 e. The van der Waals surface area contributed by atoms with Crippen LogP contribution in [0.4, 0.5) is 0 Å². The van der Waals surface area contributed by atoms with Crippen LogP contribution < -0.4 is 5.32 Å². The van der Waals surface area contributed by atoms with Gasteiger partial charge in [-0.3, -0.25) is 19.5 Å². The van der Waals surface area contributed by atoms with E-state index in [-0.39, 0.29) is 5.91 Å². The molecule has 1 saturated heterocycles. The zero-order valence-corrected chi connectivity index (χ0v) is 15.0. The Hall–Kier alpha value is -1.95. The number of amides is 1. The third kappa shape index (κ3) is 3.54. The van der Waals surface area contributed by atoms with E-state index in [1.54, 1.807) is 0 Å². The first-order valence-corrected chi connectivity index (χ1v) is 8.98. The lowest BCUT2D eigenvalue weighted by molar-refractivity contribution is -0.150. The predicted octanol–water partition coefficient (Wildman–Crippen LogP) is 1.91. The van der Waals surface area contributed by atoms with Crippen LogP contribution in [-0.4, -0.2) is 46.5 Å². The van der Waals surface area contributed by atoms with Crippen molar-refractivity contribution in [2.45, 2.75) is 39.7 Å². The van der Waals surface area contributed by atoms with E-state index in [0.29, 0.717) is 18.9 Å². The number of aromatic nitrogens is 1. The summed E-state index contributed by atoms with van der Waals surface area (Å²) in [5.41, 5.74) is -0.410. The van der Waals surface area contributed by atoms with Crippen molar-refractivity contribution in [3.63, 3.8) is 0 Å². The lowest BCUT2D eigenvalue weighted by atomic mass is 9.93. The Labute approximate surface area is 148 Å². The summed E-state index contributed by atoms with van der Waals surface area (Å²) in [6.07, 6.45) is 6.10. The fraction of sp³-hybridized carbons (Fsp3) is 0.632. The highest BCUT2D eigenvalue weighted by atomic mass is 16.4. The Kier molecular flexibility index (Phi) is 4.82. The van der Waals surface area contributed by atoms with Gasteiger partial charge in [0.25, 0.3) is 0 Å². The molecular weight excluding hydrogens is 318 g/mol. The van der Waals surface area contributed by atoms with Gasteiger partial charge in [-0.05, 0) is 61.4 Å². The summed E-state index contributed by atoms with van der Waals surface area (Å²) in [6, 6.07) is 4.07. The van der Waals surface area contributed by atoms with Crippen LogP contribution in [0.15, 0.2) is 24.5 Å². The fourth-order valence-corrected chi connectivity index (χ4v) is 3.95. The summed E-state index contributed by atoms with van der Waals surface area (Å²) in [5.74, 6) is -0.892. The summed E-state index contributed by atoms with van der Waals surface area (Å²) < 4.78 is 0. The van der Waals surface area contributed by atoms with E-state index in [1.165, 1.54) is 5.56 Å². The van der Waals surface area contributed by atoms with Crippen LogP contribution in [0.25, 0.3) is 0 Å². The maximum atomic E-state index is 12.4. The van der Waals surface area contributed by atoms with Gasteiger partial charge in [-0.15, -0.1) is 0 Å². The van der Waals surface area contributed by atoms with Crippen molar-refractivity contribution in [2.75, 3.05) is 19.6 Å². The highest BCUT2D eigenvalue weighted by Crippen LogP contribution is 2.63. The van der Waals surface area contributed by atoms with Gasteiger partial charge in [-0.2, -0.15) is 0 Å². The smallest absolute Gasteiger partial charge is 0.319 e. The van der Waals surface area contributed by atoms with Crippen LogP contribution in [0.5, 0.6) is 0 Å². The zero-order valence-electron chi connectivity index (χ0n) is 15.0. The maximum absolute atomic E-state index is 12.4. The van der Waals surface area contributed by atoms with E-state index in [9.17, 15) is 14.7 Å². The molecule has 1 aliphatic heterocycles. The van der Waals surface area contributed by atoms with Gasteiger partial charge in [0.15, 0.2) is 5.41 Å². The number of hydrogen-bond acceptors (Lipinski definition) is 4. The first kappa shape index (κ1) is 17.9. The van der Waals surface area contributed by atoms with Gasteiger partial charge in [0.05, 0.1) is 0 Å². The first-order chi connectivity index (χ1) is 11.8. The van der Waals surface area contributed by atoms with Crippen LogP contribution in [0.2, 0.25) is 0 Å². The van der Waals surface area contributed by atoms with Gasteiger partial charge >= 0.3 is 5.97 Å². The Morgan fingerprint density at radius 3 is 2.40 bits per heavy atom. The Bertz CT molecular complexity index is 639. The topological polar surface area (TPSA) is 82.5 Å². The number of carbonyl (C=O) groups excluding carboxylic acids is 1. The molecule has 1 amide bonds. The van der Waals surface area contributed by atoms with E-state index in [1.807, 2.05) is 38.4 Å². The molecular formula is C19H27N3O3. The van der Waals surface area contributed by atoms with Gasteiger partial charge in [0, 0.05) is 25.5 Å². The lowest BCUT2D eigenvalue weighted by Crippen LogP contribution is -2.43. The predicted molar refractivity (Wildman–Crippen MR) is 93.7 cm³/mol. The van der Waals surface area contributed by atoms with E-state index < -0.39 is 16.8 Å². The molecule has 25 heavy (non-hydrogen) atoms. The fourth-order valence-electron chi connectivity index (χ4n) is 3.95. The van der Waals surface area contributed by atoms with Gasteiger partial charge in [-0.1, -0.05) is 13.8 Å². The molecule has 1 aromatic rings. The normalized spacial score (nSPS) is 26.2. The highest BCUT2D eigenvalue weighted by Gasteiger charge is 2.71. The van der Waals surface area contributed by atoms with Crippen molar-refractivity contribution in [1.29, 1.82) is 0 Å². The summed E-state index contributed by atoms with van der Waals surface area (Å²) in [7, 11) is 0. The van der Waals surface area contributed by atoms with Crippen LogP contribution in [0.3, 0.4) is 0 Å². The van der Waals surface area contributed by atoms with Crippen molar-refractivity contribution in [1.82, 2.24) is 15.2 Å². The number of aliphatic carboxylic acids is 1. The number of carbonyl (C=O) groups is 2.